The summed E-state index contributed by atoms with van der Waals surface area (Å²) in [6.07, 6.45) is 5.46. The Hall–Kier alpha value is -3.07. The number of carbonyl (C=O) groups excluding carboxylic acids is 1. The lowest BCUT2D eigenvalue weighted by Crippen LogP contribution is -2.29. The molecule has 1 aromatic carbocycles. The van der Waals surface area contributed by atoms with Crippen LogP contribution in [0.15, 0.2) is 36.5 Å². The van der Waals surface area contributed by atoms with Crippen molar-refractivity contribution in [1.82, 2.24) is 14.8 Å². The van der Waals surface area contributed by atoms with Gasteiger partial charge in [0.25, 0.3) is 5.91 Å². The van der Waals surface area contributed by atoms with Crippen LogP contribution < -0.4 is 19.7 Å². The van der Waals surface area contributed by atoms with Crippen molar-refractivity contribution in [1.29, 1.82) is 0 Å². The lowest BCUT2D eigenvalue weighted by Gasteiger charge is -2.25. The summed E-state index contributed by atoms with van der Waals surface area (Å²) in [7, 11) is 0. The molecular formula is C20H21N5O3S. The maximum atomic E-state index is 12.9. The van der Waals surface area contributed by atoms with E-state index in [2.05, 4.69) is 20.4 Å². The van der Waals surface area contributed by atoms with E-state index in [1.807, 2.05) is 12.3 Å². The van der Waals surface area contributed by atoms with Crippen LogP contribution in [0.3, 0.4) is 0 Å². The summed E-state index contributed by atoms with van der Waals surface area (Å²) in [5.41, 5.74) is 1.15. The van der Waals surface area contributed by atoms with Crippen molar-refractivity contribution >= 4 is 28.1 Å². The van der Waals surface area contributed by atoms with Crippen molar-refractivity contribution in [2.24, 2.45) is 0 Å². The van der Waals surface area contributed by atoms with Crippen molar-refractivity contribution in [3.63, 3.8) is 0 Å². The van der Waals surface area contributed by atoms with Gasteiger partial charge in [0.2, 0.25) is 10.3 Å². The van der Waals surface area contributed by atoms with Crippen LogP contribution in [0.5, 0.6) is 11.5 Å². The second-order valence-electron chi connectivity index (χ2n) is 6.99. The molecule has 1 saturated heterocycles. The van der Waals surface area contributed by atoms with Gasteiger partial charge in [-0.25, -0.2) is 0 Å². The van der Waals surface area contributed by atoms with Crippen LogP contribution in [0, 0.1) is 0 Å². The normalized spacial score (nSPS) is 15.9. The van der Waals surface area contributed by atoms with Crippen LogP contribution in [0.2, 0.25) is 0 Å². The number of hydrogen-bond donors (Lipinski definition) is 1. The summed E-state index contributed by atoms with van der Waals surface area (Å²) in [6.45, 7) is 3.06. The minimum absolute atomic E-state index is 0.221. The molecule has 0 saturated carbocycles. The van der Waals surface area contributed by atoms with E-state index in [9.17, 15) is 4.79 Å². The summed E-state index contributed by atoms with van der Waals surface area (Å²) >= 11 is 1.50. The number of nitrogens with zero attached hydrogens (tertiary/aromatic N) is 4. The molecule has 0 radical (unpaired) electrons. The Kier molecular flexibility index (Phi) is 4.81. The second kappa shape index (κ2) is 7.75. The lowest BCUT2D eigenvalue weighted by atomic mass is 10.1. The summed E-state index contributed by atoms with van der Waals surface area (Å²) in [6, 6.07) is 8.99. The molecule has 8 nitrogen and oxygen atoms in total. The van der Waals surface area contributed by atoms with E-state index in [4.69, 9.17) is 9.47 Å². The predicted molar refractivity (Wildman–Crippen MR) is 111 cm³/mol. The molecule has 0 spiro atoms. The number of aromatic nitrogens is 3. The number of carbonyl (C=O) groups is 1. The zero-order valence-corrected chi connectivity index (χ0v) is 16.7. The Balaban J connectivity index is 1.35. The topological polar surface area (TPSA) is 81.5 Å². The largest absolute Gasteiger partial charge is 0.486 e. The van der Waals surface area contributed by atoms with Crippen LogP contribution in [0.1, 0.15) is 29.8 Å². The second-order valence-corrected chi connectivity index (χ2v) is 7.93. The van der Waals surface area contributed by atoms with E-state index < -0.39 is 0 Å². The SMILES string of the molecule is O=C(Nc1ccc2c(c1)OCCO2)c1cccn1-c1nnc(N2CCCCC2)s1. The minimum Gasteiger partial charge on any atom is -0.486 e. The number of rotatable bonds is 4. The Morgan fingerprint density at radius 3 is 2.66 bits per heavy atom. The Bertz CT molecular complexity index is 1020. The molecule has 4 heterocycles. The molecule has 0 unspecified atom stereocenters. The third-order valence-electron chi connectivity index (χ3n) is 5.02. The highest BCUT2D eigenvalue weighted by Gasteiger charge is 2.20. The van der Waals surface area contributed by atoms with Crippen LogP contribution >= 0.6 is 11.3 Å². The molecule has 2 aliphatic heterocycles. The van der Waals surface area contributed by atoms with Crippen molar-refractivity contribution in [2.75, 3.05) is 36.5 Å². The van der Waals surface area contributed by atoms with Crippen LogP contribution in [-0.2, 0) is 0 Å². The van der Waals surface area contributed by atoms with Gasteiger partial charge in [0.15, 0.2) is 11.5 Å². The highest BCUT2D eigenvalue weighted by molar-refractivity contribution is 7.17. The van der Waals surface area contributed by atoms with Crippen LogP contribution in [0.25, 0.3) is 5.13 Å². The monoisotopic (exact) mass is 411 g/mol. The number of piperidine rings is 1. The molecule has 150 valence electrons. The fraction of sp³-hybridized carbons (Fsp3) is 0.350. The van der Waals surface area contributed by atoms with E-state index in [0.717, 1.165) is 18.2 Å². The Morgan fingerprint density at radius 1 is 1.00 bits per heavy atom. The average Bonchev–Trinajstić information content (AvgIpc) is 3.44. The Labute approximate surface area is 172 Å². The van der Waals surface area contributed by atoms with Crippen LogP contribution in [0.4, 0.5) is 10.8 Å². The van der Waals surface area contributed by atoms with Crippen LogP contribution in [-0.4, -0.2) is 47.0 Å². The number of fused-ring (bicyclic) bond motifs is 1. The lowest BCUT2D eigenvalue weighted by molar-refractivity contribution is 0.102. The minimum atomic E-state index is -0.221. The van der Waals surface area contributed by atoms with E-state index in [1.54, 1.807) is 28.8 Å². The third kappa shape index (κ3) is 3.65. The highest BCUT2D eigenvalue weighted by Crippen LogP contribution is 2.33. The van der Waals surface area contributed by atoms with Gasteiger partial charge in [0.05, 0.1) is 0 Å². The zero-order chi connectivity index (χ0) is 19.6. The molecule has 1 fully saturated rings. The van der Waals surface area contributed by atoms with E-state index in [0.29, 0.717) is 41.2 Å². The van der Waals surface area contributed by atoms with E-state index >= 15 is 0 Å². The molecule has 2 aliphatic rings. The standard InChI is InChI=1S/C20H21N5O3S/c26-18(21-14-6-7-16-17(13-14)28-12-11-27-16)15-5-4-10-25(15)20-23-22-19(29-20)24-8-2-1-3-9-24/h4-7,10,13H,1-3,8-9,11-12H2,(H,21,26). The average molecular weight is 411 g/mol. The molecule has 9 heteroatoms. The number of anilines is 2. The molecular weight excluding hydrogens is 390 g/mol. The highest BCUT2D eigenvalue weighted by atomic mass is 32.1. The zero-order valence-electron chi connectivity index (χ0n) is 15.8. The van der Waals surface area contributed by atoms with Gasteiger partial charge in [-0.3, -0.25) is 9.36 Å². The molecule has 29 heavy (non-hydrogen) atoms. The van der Waals surface area contributed by atoms with Gasteiger partial charge in [-0.2, -0.15) is 0 Å². The quantitative estimate of drug-likeness (QED) is 0.709. The summed E-state index contributed by atoms with van der Waals surface area (Å²) in [4.78, 5) is 15.2. The van der Waals surface area contributed by atoms with Crippen molar-refractivity contribution < 1.29 is 14.3 Å². The van der Waals surface area contributed by atoms with Gasteiger partial charge in [0.1, 0.15) is 18.9 Å². The first kappa shape index (κ1) is 18.0. The third-order valence-corrected chi connectivity index (χ3v) is 6.00. The molecule has 2 aromatic heterocycles. The molecule has 0 aliphatic carbocycles. The summed E-state index contributed by atoms with van der Waals surface area (Å²) < 4.78 is 12.9. The fourth-order valence-electron chi connectivity index (χ4n) is 3.57. The molecule has 1 N–H and O–H groups in total. The van der Waals surface area contributed by atoms with Gasteiger partial charge in [0, 0.05) is 31.0 Å². The molecule has 0 bridgehead atoms. The van der Waals surface area contributed by atoms with E-state index in [1.165, 1.54) is 30.6 Å². The fourth-order valence-corrected chi connectivity index (χ4v) is 4.46. The summed E-state index contributed by atoms with van der Waals surface area (Å²) in [5, 5.41) is 13.2. The van der Waals surface area contributed by atoms with Gasteiger partial charge in [-0.1, -0.05) is 11.3 Å². The number of amides is 1. The van der Waals surface area contributed by atoms with Gasteiger partial charge < -0.3 is 19.7 Å². The predicted octanol–water partition coefficient (Wildman–Crippen LogP) is 3.34. The van der Waals surface area contributed by atoms with Gasteiger partial charge in [-0.05, 0) is 43.5 Å². The number of benzene rings is 1. The number of hydrogen-bond acceptors (Lipinski definition) is 7. The number of ether oxygens (including phenoxy) is 2. The smallest absolute Gasteiger partial charge is 0.272 e. The maximum Gasteiger partial charge on any atom is 0.272 e. The first-order chi connectivity index (χ1) is 14.3. The summed E-state index contributed by atoms with van der Waals surface area (Å²) in [5.74, 6) is 1.11. The molecule has 0 atom stereocenters. The first-order valence-corrected chi connectivity index (χ1v) is 10.6. The maximum absolute atomic E-state index is 12.9. The molecule has 3 aromatic rings. The molecule has 5 rings (SSSR count). The first-order valence-electron chi connectivity index (χ1n) is 9.75. The van der Waals surface area contributed by atoms with Crippen molar-refractivity contribution in [2.45, 2.75) is 19.3 Å². The van der Waals surface area contributed by atoms with Gasteiger partial charge >= 0.3 is 0 Å². The number of nitrogens with one attached hydrogen (secondary N) is 1. The van der Waals surface area contributed by atoms with Crippen molar-refractivity contribution in [3.8, 4) is 16.6 Å². The molecule has 1 amide bonds. The van der Waals surface area contributed by atoms with Gasteiger partial charge in [-0.15, -0.1) is 10.2 Å². The van der Waals surface area contributed by atoms with E-state index in [-0.39, 0.29) is 5.91 Å². The van der Waals surface area contributed by atoms with Crippen molar-refractivity contribution in [3.05, 3.63) is 42.2 Å². The Morgan fingerprint density at radius 2 is 1.79 bits per heavy atom.